The van der Waals surface area contributed by atoms with Gasteiger partial charge in [-0.05, 0) is 42.5 Å². The minimum absolute atomic E-state index is 0.0599. The van der Waals surface area contributed by atoms with Crippen molar-refractivity contribution in [3.8, 4) is 5.75 Å². The van der Waals surface area contributed by atoms with Crippen LogP contribution >= 0.6 is 11.6 Å². The molecular weight excluding hydrogens is 280 g/mol. The highest BCUT2D eigenvalue weighted by Crippen LogP contribution is 2.21. The molecule has 102 valence electrons. The van der Waals surface area contributed by atoms with Gasteiger partial charge in [0, 0.05) is 11.2 Å². The molecule has 0 aliphatic heterocycles. The molecule has 0 fully saturated rings. The van der Waals surface area contributed by atoms with Gasteiger partial charge in [-0.3, -0.25) is 4.79 Å². The van der Waals surface area contributed by atoms with E-state index >= 15 is 0 Å². The number of carbonyl (C=O) groups excluding carboxylic acids is 1. The third kappa shape index (κ3) is 3.73. The molecule has 2 N–H and O–H groups in total. The van der Waals surface area contributed by atoms with Crippen LogP contribution in [0.15, 0.2) is 52.2 Å². The van der Waals surface area contributed by atoms with Gasteiger partial charge in [0.2, 0.25) is 0 Å². The Morgan fingerprint density at radius 3 is 3.00 bits per heavy atom. The van der Waals surface area contributed by atoms with E-state index in [1.54, 1.807) is 30.5 Å². The Labute approximate surface area is 120 Å². The summed E-state index contributed by atoms with van der Waals surface area (Å²) >= 11 is 5.75. The fourth-order valence-corrected chi connectivity index (χ4v) is 1.59. The van der Waals surface area contributed by atoms with Gasteiger partial charge in [-0.1, -0.05) is 11.6 Å². The molecule has 0 bridgehead atoms. The number of carbonyl (C=O) groups is 1. The van der Waals surface area contributed by atoms with Gasteiger partial charge in [0.15, 0.2) is 0 Å². The Morgan fingerprint density at radius 2 is 2.25 bits per heavy atom. The van der Waals surface area contributed by atoms with E-state index in [1.165, 1.54) is 24.4 Å². The molecule has 0 radical (unpaired) electrons. The number of nitrogens with one attached hydrogen (secondary N) is 1. The summed E-state index contributed by atoms with van der Waals surface area (Å²) in [5, 5.41) is 13.6. The second-order valence-corrected chi connectivity index (χ2v) is 4.19. The van der Waals surface area contributed by atoms with Gasteiger partial charge in [-0.2, -0.15) is 5.10 Å². The van der Waals surface area contributed by atoms with Crippen molar-refractivity contribution in [1.29, 1.82) is 0 Å². The first-order valence-corrected chi connectivity index (χ1v) is 6.07. The maximum Gasteiger partial charge on any atom is 0.275 e. The van der Waals surface area contributed by atoms with Gasteiger partial charge in [-0.15, -0.1) is 0 Å². The molecule has 0 spiro atoms. The molecule has 6 heteroatoms. The smallest absolute Gasteiger partial charge is 0.275 e. The summed E-state index contributed by atoms with van der Waals surface area (Å²) in [6, 6.07) is 7.74. The lowest BCUT2D eigenvalue weighted by Gasteiger charge is -2.02. The standard InChI is InChI=1S/C14H11ClN2O3/c15-10-5-6-13(18)12(9-10)14(19)17-16-7-1-3-11-4-2-8-20-11/h1-9,18H,(H,17,19)/b3-1+,16-7-. The molecule has 20 heavy (non-hydrogen) atoms. The molecular formula is C14H11ClN2O3. The number of furan rings is 1. The number of rotatable bonds is 4. The highest BCUT2D eigenvalue weighted by Gasteiger charge is 2.10. The molecule has 0 aliphatic carbocycles. The maximum absolute atomic E-state index is 11.7. The number of amides is 1. The molecule has 1 aromatic carbocycles. The van der Waals surface area contributed by atoms with Crippen LogP contribution in [-0.2, 0) is 0 Å². The SMILES string of the molecule is O=C(N/N=C\C=C\c1ccco1)c1cc(Cl)ccc1O. The largest absolute Gasteiger partial charge is 0.507 e. The molecule has 0 atom stereocenters. The number of halogens is 1. The molecule has 1 heterocycles. The van der Waals surface area contributed by atoms with E-state index in [0.717, 1.165) is 0 Å². The number of nitrogens with zero attached hydrogens (tertiary/aromatic N) is 1. The molecule has 0 saturated heterocycles. The molecule has 5 nitrogen and oxygen atoms in total. The summed E-state index contributed by atoms with van der Waals surface area (Å²) in [5.41, 5.74) is 2.34. The molecule has 1 amide bonds. The zero-order valence-corrected chi connectivity index (χ0v) is 11.0. The van der Waals surface area contributed by atoms with Gasteiger partial charge >= 0.3 is 0 Å². The predicted molar refractivity (Wildman–Crippen MR) is 76.8 cm³/mol. The normalized spacial score (nSPS) is 11.2. The number of phenolic OH excluding ortho intramolecular Hbond substituents is 1. The fraction of sp³-hybridized carbons (Fsp3) is 0. The number of benzene rings is 1. The van der Waals surface area contributed by atoms with Gasteiger partial charge < -0.3 is 9.52 Å². The topological polar surface area (TPSA) is 74.8 Å². The Morgan fingerprint density at radius 1 is 1.40 bits per heavy atom. The molecule has 2 rings (SSSR count). The molecule has 0 saturated carbocycles. The highest BCUT2D eigenvalue weighted by atomic mass is 35.5. The first kappa shape index (κ1) is 13.9. The average Bonchev–Trinajstić information content (AvgIpc) is 2.94. The van der Waals surface area contributed by atoms with Gasteiger partial charge in [-0.25, -0.2) is 5.43 Å². The Kier molecular flexibility index (Phi) is 4.57. The number of allylic oxidation sites excluding steroid dienone is 1. The molecule has 2 aromatic rings. The van der Waals surface area contributed by atoms with E-state index in [4.69, 9.17) is 16.0 Å². The number of aromatic hydroxyl groups is 1. The van der Waals surface area contributed by atoms with Crippen LogP contribution in [0.4, 0.5) is 0 Å². The number of phenols is 1. The summed E-state index contributed by atoms with van der Waals surface area (Å²) in [5.74, 6) is -0.0314. The fourth-order valence-electron chi connectivity index (χ4n) is 1.41. The Balaban J connectivity index is 1.93. The first-order valence-electron chi connectivity index (χ1n) is 5.69. The predicted octanol–water partition coefficient (Wildman–Crippen LogP) is 3.07. The van der Waals surface area contributed by atoms with Crippen LogP contribution < -0.4 is 5.43 Å². The van der Waals surface area contributed by atoms with Crippen LogP contribution in [0.5, 0.6) is 5.75 Å². The summed E-state index contributed by atoms with van der Waals surface area (Å²) in [7, 11) is 0. The van der Waals surface area contributed by atoms with Crippen LogP contribution in [0.3, 0.4) is 0 Å². The van der Waals surface area contributed by atoms with Crippen LogP contribution in [0.1, 0.15) is 16.1 Å². The number of hydrazone groups is 1. The third-order valence-electron chi connectivity index (χ3n) is 2.33. The van der Waals surface area contributed by atoms with E-state index in [9.17, 15) is 9.90 Å². The lowest BCUT2D eigenvalue weighted by molar-refractivity contribution is 0.0952. The van der Waals surface area contributed by atoms with E-state index in [0.29, 0.717) is 10.8 Å². The summed E-state index contributed by atoms with van der Waals surface area (Å²) in [6.07, 6.45) is 6.24. The monoisotopic (exact) mass is 290 g/mol. The summed E-state index contributed by atoms with van der Waals surface area (Å²) < 4.78 is 5.08. The maximum atomic E-state index is 11.7. The van der Waals surface area contributed by atoms with Crippen molar-refractivity contribution in [3.05, 3.63) is 59.0 Å². The number of hydrogen-bond donors (Lipinski definition) is 2. The van der Waals surface area contributed by atoms with Crippen LogP contribution in [0.25, 0.3) is 6.08 Å². The van der Waals surface area contributed by atoms with E-state index in [2.05, 4.69) is 10.5 Å². The van der Waals surface area contributed by atoms with E-state index in [1.807, 2.05) is 0 Å². The van der Waals surface area contributed by atoms with Gasteiger partial charge in [0.25, 0.3) is 5.91 Å². The zero-order valence-electron chi connectivity index (χ0n) is 10.3. The van der Waals surface area contributed by atoms with Crippen molar-refractivity contribution in [2.24, 2.45) is 5.10 Å². The van der Waals surface area contributed by atoms with Gasteiger partial charge in [0.1, 0.15) is 11.5 Å². The lowest BCUT2D eigenvalue weighted by atomic mass is 10.2. The van der Waals surface area contributed by atoms with Crippen LogP contribution in [0, 0.1) is 0 Å². The third-order valence-corrected chi connectivity index (χ3v) is 2.57. The minimum Gasteiger partial charge on any atom is -0.507 e. The molecule has 0 unspecified atom stereocenters. The van der Waals surface area contributed by atoms with Crippen molar-refractivity contribution in [1.82, 2.24) is 5.43 Å². The Bertz CT molecular complexity index is 648. The summed E-state index contributed by atoms with van der Waals surface area (Å²) in [4.78, 5) is 11.7. The first-order chi connectivity index (χ1) is 9.66. The lowest BCUT2D eigenvalue weighted by Crippen LogP contribution is -2.17. The van der Waals surface area contributed by atoms with Crippen molar-refractivity contribution in [2.45, 2.75) is 0 Å². The van der Waals surface area contributed by atoms with Crippen LogP contribution in [0.2, 0.25) is 5.02 Å². The van der Waals surface area contributed by atoms with Crippen molar-refractivity contribution >= 4 is 29.8 Å². The highest BCUT2D eigenvalue weighted by molar-refractivity contribution is 6.31. The van der Waals surface area contributed by atoms with Crippen molar-refractivity contribution in [3.63, 3.8) is 0 Å². The Hall–Kier alpha value is -2.53. The van der Waals surface area contributed by atoms with Crippen molar-refractivity contribution in [2.75, 3.05) is 0 Å². The van der Waals surface area contributed by atoms with E-state index < -0.39 is 5.91 Å². The van der Waals surface area contributed by atoms with Gasteiger partial charge in [0.05, 0.1) is 11.8 Å². The second-order valence-electron chi connectivity index (χ2n) is 3.76. The second kappa shape index (κ2) is 6.58. The minimum atomic E-state index is -0.548. The zero-order chi connectivity index (χ0) is 14.4. The average molecular weight is 291 g/mol. The molecule has 0 aliphatic rings. The van der Waals surface area contributed by atoms with Crippen LogP contribution in [-0.4, -0.2) is 17.2 Å². The molecule has 1 aromatic heterocycles. The summed E-state index contributed by atoms with van der Waals surface area (Å²) in [6.45, 7) is 0. The van der Waals surface area contributed by atoms with E-state index in [-0.39, 0.29) is 11.3 Å². The quantitative estimate of drug-likeness (QED) is 0.671. The van der Waals surface area contributed by atoms with Crippen molar-refractivity contribution < 1.29 is 14.3 Å². The number of hydrogen-bond acceptors (Lipinski definition) is 4.